The second kappa shape index (κ2) is 2.98. The van der Waals surface area contributed by atoms with Crippen LogP contribution in [0.5, 0.6) is 0 Å². The van der Waals surface area contributed by atoms with E-state index in [4.69, 9.17) is 5.73 Å². The van der Waals surface area contributed by atoms with E-state index < -0.39 is 11.9 Å². The lowest BCUT2D eigenvalue weighted by Gasteiger charge is -2.19. The molecule has 0 aromatic carbocycles. The van der Waals surface area contributed by atoms with Crippen molar-refractivity contribution in [2.24, 2.45) is 5.73 Å². The normalized spacial score (nSPS) is 22.1. The van der Waals surface area contributed by atoms with Crippen LogP contribution in [0.15, 0.2) is 6.07 Å². The second-order valence-electron chi connectivity index (χ2n) is 3.42. The first-order valence-electron chi connectivity index (χ1n) is 4.39. The molecule has 0 spiro atoms. The van der Waals surface area contributed by atoms with Crippen LogP contribution in [0.25, 0.3) is 0 Å². The van der Waals surface area contributed by atoms with Crippen LogP contribution in [0, 0.1) is 0 Å². The van der Waals surface area contributed by atoms with Crippen LogP contribution in [-0.2, 0) is 12.7 Å². The van der Waals surface area contributed by atoms with E-state index in [0.717, 1.165) is 18.9 Å². The number of nitrogens with two attached hydrogens (primary N) is 1. The molecule has 1 aromatic rings. The summed E-state index contributed by atoms with van der Waals surface area (Å²) in [5.41, 5.74) is 5.32. The number of alkyl halides is 3. The zero-order valence-electron chi connectivity index (χ0n) is 7.38. The highest BCUT2D eigenvalue weighted by Crippen LogP contribution is 2.32. The summed E-state index contributed by atoms with van der Waals surface area (Å²) in [6, 6.07) is 0.733. The fourth-order valence-electron chi connectivity index (χ4n) is 1.66. The molecule has 2 heterocycles. The van der Waals surface area contributed by atoms with Gasteiger partial charge >= 0.3 is 6.18 Å². The Kier molecular flexibility index (Phi) is 2.02. The fraction of sp³-hybridized carbons (Fsp3) is 0.625. The molecule has 0 radical (unpaired) electrons. The molecule has 0 amide bonds. The summed E-state index contributed by atoms with van der Waals surface area (Å²) in [4.78, 5) is 0. The van der Waals surface area contributed by atoms with Crippen molar-refractivity contribution < 1.29 is 13.2 Å². The van der Waals surface area contributed by atoms with Gasteiger partial charge in [-0.2, -0.15) is 18.3 Å². The molecule has 1 unspecified atom stereocenters. The lowest BCUT2D eigenvalue weighted by molar-refractivity contribution is -0.141. The summed E-state index contributed by atoms with van der Waals surface area (Å²) in [6.07, 6.45) is -2.86. The molecule has 1 aliphatic rings. The van der Waals surface area contributed by atoms with E-state index in [2.05, 4.69) is 5.10 Å². The van der Waals surface area contributed by atoms with Crippen molar-refractivity contribution in [3.05, 3.63) is 17.5 Å². The number of aryl methyl sites for hydroxylation is 1. The predicted molar refractivity (Wildman–Crippen MR) is 43.4 cm³/mol. The minimum atomic E-state index is -4.37. The number of hydrogen-bond donors (Lipinski definition) is 1. The fourth-order valence-corrected chi connectivity index (χ4v) is 1.66. The quantitative estimate of drug-likeness (QED) is 0.700. The molecular weight excluding hydrogens is 195 g/mol. The van der Waals surface area contributed by atoms with Gasteiger partial charge in [0.15, 0.2) is 5.69 Å². The summed E-state index contributed by atoms with van der Waals surface area (Å²) in [6.45, 7) is 0.527. The Morgan fingerprint density at radius 1 is 1.50 bits per heavy atom. The largest absolute Gasteiger partial charge is 0.435 e. The number of rotatable bonds is 0. The molecule has 78 valence electrons. The van der Waals surface area contributed by atoms with Crippen LogP contribution >= 0.6 is 0 Å². The maximum atomic E-state index is 12.3. The molecule has 14 heavy (non-hydrogen) atoms. The van der Waals surface area contributed by atoms with Crippen LogP contribution in [0.1, 0.15) is 30.3 Å². The molecule has 3 nitrogen and oxygen atoms in total. The van der Waals surface area contributed by atoms with Crippen LogP contribution in [0.3, 0.4) is 0 Å². The smallest absolute Gasteiger partial charge is 0.323 e. The first-order chi connectivity index (χ1) is 6.48. The van der Waals surface area contributed by atoms with Crippen molar-refractivity contribution in [2.45, 2.75) is 31.6 Å². The molecule has 1 aromatic heterocycles. The van der Waals surface area contributed by atoms with Gasteiger partial charge < -0.3 is 5.73 Å². The van der Waals surface area contributed by atoms with Crippen LogP contribution in [0.2, 0.25) is 0 Å². The third-order valence-electron chi connectivity index (χ3n) is 2.37. The summed E-state index contributed by atoms with van der Waals surface area (Å²) in [5, 5.41) is 3.48. The Labute approximate surface area is 78.7 Å². The standard InChI is InChI=1S/C8H10F3N3/c9-8(10,11)7-4-6-5(12)2-1-3-14(6)13-7/h4-5H,1-3,12H2. The Morgan fingerprint density at radius 3 is 2.79 bits per heavy atom. The Hall–Kier alpha value is -1.04. The van der Waals surface area contributed by atoms with Gasteiger partial charge in [-0.1, -0.05) is 0 Å². The topological polar surface area (TPSA) is 43.8 Å². The van der Waals surface area contributed by atoms with E-state index in [0.29, 0.717) is 12.2 Å². The zero-order valence-corrected chi connectivity index (χ0v) is 7.38. The van der Waals surface area contributed by atoms with Crippen molar-refractivity contribution in [1.29, 1.82) is 0 Å². The van der Waals surface area contributed by atoms with Crippen molar-refractivity contribution in [2.75, 3.05) is 0 Å². The van der Waals surface area contributed by atoms with Crippen molar-refractivity contribution in [3.63, 3.8) is 0 Å². The Bertz CT molecular complexity index is 342. The van der Waals surface area contributed by atoms with E-state index in [1.54, 1.807) is 0 Å². The predicted octanol–water partition coefficient (Wildman–Crippen LogP) is 1.70. The van der Waals surface area contributed by atoms with E-state index in [-0.39, 0.29) is 6.04 Å². The highest BCUT2D eigenvalue weighted by molar-refractivity contribution is 5.17. The van der Waals surface area contributed by atoms with Gasteiger partial charge in [0.25, 0.3) is 0 Å². The van der Waals surface area contributed by atoms with Gasteiger partial charge in [-0.25, -0.2) is 0 Å². The minimum absolute atomic E-state index is 0.313. The van der Waals surface area contributed by atoms with E-state index in [1.165, 1.54) is 4.68 Å². The van der Waals surface area contributed by atoms with Gasteiger partial charge in [-0.05, 0) is 18.9 Å². The molecule has 0 saturated heterocycles. The molecule has 2 rings (SSSR count). The first kappa shape index (κ1) is 9.51. The highest BCUT2D eigenvalue weighted by Gasteiger charge is 2.36. The Morgan fingerprint density at radius 2 is 2.21 bits per heavy atom. The third kappa shape index (κ3) is 1.50. The summed E-state index contributed by atoms with van der Waals surface area (Å²) in [7, 11) is 0. The monoisotopic (exact) mass is 205 g/mol. The van der Waals surface area contributed by atoms with Crippen molar-refractivity contribution >= 4 is 0 Å². The number of aromatic nitrogens is 2. The average molecular weight is 205 g/mol. The summed E-state index contributed by atoms with van der Waals surface area (Å²) in [5.74, 6) is 0. The van der Waals surface area contributed by atoms with Gasteiger partial charge in [0.1, 0.15) is 0 Å². The molecule has 1 atom stereocenters. The Balaban J connectivity index is 2.40. The van der Waals surface area contributed by atoms with E-state index in [9.17, 15) is 13.2 Å². The molecule has 0 fully saturated rings. The van der Waals surface area contributed by atoms with Crippen LogP contribution in [-0.4, -0.2) is 9.78 Å². The number of nitrogens with zero attached hydrogens (tertiary/aromatic N) is 2. The maximum absolute atomic E-state index is 12.3. The zero-order chi connectivity index (χ0) is 10.3. The summed E-state index contributed by atoms with van der Waals surface area (Å²) < 4.78 is 38.2. The van der Waals surface area contributed by atoms with Crippen LogP contribution < -0.4 is 5.73 Å². The van der Waals surface area contributed by atoms with Gasteiger partial charge in [0.05, 0.1) is 5.69 Å². The van der Waals surface area contributed by atoms with Gasteiger partial charge in [0, 0.05) is 12.6 Å². The number of fused-ring (bicyclic) bond motifs is 1. The lowest BCUT2D eigenvalue weighted by Crippen LogP contribution is -2.21. The molecule has 0 bridgehead atoms. The van der Waals surface area contributed by atoms with Gasteiger partial charge in [0.2, 0.25) is 0 Å². The van der Waals surface area contributed by atoms with Crippen LogP contribution in [0.4, 0.5) is 13.2 Å². The molecule has 0 aliphatic carbocycles. The van der Waals surface area contributed by atoms with Gasteiger partial charge in [-0.15, -0.1) is 0 Å². The SMILES string of the molecule is NC1CCCn2nc(C(F)(F)F)cc21. The minimum Gasteiger partial charge on any atom is -0.323 e. The average Bonchev–Trinajstić information content (AvgIpc) is 2.48. The van der Waals surface area contributed by atoms with Crippen molar-refractivity contribution in [3.8, 4) is 0 Å². The molecule has 1 aliphatic heterocycles. The van der Waals surface area contributed by atoms with E-state index >= 15 is 0 Å². The first-order valence-corrected chi connectivity index (χ1v) is 4.39. The van der Waals surface area contributed by atoms with Gasteiger partial charge in [-0.3, -0.25) is 4.68 Å². The molecule has 6 heteroatoms. The highest BCUT2D eigenvalue weighted by atomic mass is 19.4. The molecule has 2 N–H and O–H groups in total. The number of halogens is 3. The van der Waals surface area contributed by atoms with E-state index in [1.807, 2.05) is 0 Å². The second-order valence-corrected chi connectivity index (χ2v) is 3.42. The third-order valence-corrected chi connectivity index (χ3v) is 2.37. The molecular formula is C8H10F3N3. The summed E-state index contributed by atoms with van der Waals surface area (Å²) >= 11 is 0. The lowest BCUT2D eigenvalue weighted by atomic mass is 10.1. The maximum Gasteiger partial charge on any atom is 0.435 e. The molecule has 0 saturated carbocycles. The van der Waals surface area contributed by atoms with Crippen molar-refractivity contribution in [1.82, 2.24) is 9.78 Å². The number of hydrogen-bond acceptors (Lipinski definition) is 2.